The van der Waals surface area contributed by atoms with Crippen molar-refractivity contribution in [2.75, 3.05) is 4.72 Å². The van der Waals surface area contributed by atoms with Gasteiger partial charge in [0.15, 0.2) is 5.52 Å². The highest BCUT2D eigenvalue weighted by Gasteiger charge is 2.15. The smallest absolute Gasteiger partial charge is 0.277 e. The quantitative estimate of drug-likeness (QED) is 0.462. The molecule has 0 atom stereocenters. The number of aromatic nitrogens is 4. The first-order valence-electron chi connectivity index (χ1n) is 9.99. The molecule has 4 aromatic rings. The Hall–Kier alpha value is -3.46. The first-order chi connectivity index (χ1) is 14.9. The molecule has 0 aliphatic heterocycles. The molecule has 0 aliphatic carbocycles. The SMILES string of the molecule is CCCc1nn(C)c2c(=O)[nH]c(Cc3ccc(NS(=O)(=O)c4ccccc4)cc3)nc12. The summed E-state index contributed by atoms with van der Waals surface area (Å²) in [6.45, 7) is 2.06. The van der Waals surface area contributed by atoms with Crippen molar-refractivity contribution in [3.63, 3.8) is 0 Å². The summed E-state index contributed by atoms with van der Waals surface area (Å²) in [7, 11) is -1.90. The zero-order valence-corrected chi connectivity index (χ0v) is 18.1. The van der Waals surface area contributed by atoms with E-state index in [2.05, 4.69) is 26.7 Å². The van der Waals surface area contributed by atoms with Crippen molar-refractivity contribution in [1.29, 1.82) is 0 Å². The topological polar surface area (TPSA) is 110 Å². The monoisotopic (exact) mass is 437 g/mol. The first kappa shape index (κ1) is 20.8. The lowest BCUT2D eigenvalue weighted by Gasteiger charge is -2.09. The van der Waals surface area contributed by atoms with Crippen molar-refractivity contribution in [3.8, 4) is 0 Å². The molecule has 2 N–H and O–H groups in total. The van der Waals surface area contributed by atoms with Crippen LogP contribution in [-0.2, 0) is 29.9 Å². The maximum absolute atomic E-state index is 12.5. The maximum atomic E-state index is 12.5. The van der Waals surface area contributed by atoms with Gasteiger partial charge in [-0.05, 0) is 36.2 Å². The third-order valence-corrected chi connectivity index (χ3v) is 6.33. The average molecular weight is 438 g/mol. The minimum Gasteiger partial charge on any atom is -0.308 e. The number of benzene rings is 2. The summed E-state index contributed by atoms with van der Waals surface area (Å²) < 4.78 is 29.1. The lowest BCUT2D eigenvalue weighted by atomic mass is 10.1. The van der Waals surface area contributed by atoms with Crippen LogP contribution in [0.25, 0.3) is 11.0 Å². The number of hydrogen-bond donors (Lipinski definition) is 2. The Balaban J connectivity index is 1.56. The van der Waals surface area contributed by atoms with Crippen LogP contribution in [0.3, 0.4) is 0 Å². The van der Waals surface area contributed by atoms with E-state index in [1.54, 1.807) is 54.2 Å². The van der Waals surface area contributed by atoms with Crippen LogP contribution in [0.5, 0.6) is 0 Å². The van der Waals surface area contributed by atoms with Gasteiger partial charge in [0.25, 0.3) is 15.6 Å². The summed E-state index contributed by atoms with van der Waals surface area (Å²) in [5.74, 6) is 0.542. The fourth-order valence-corrected chi connectivity index (χ4v) is 4.56. The number of anilines is 1. The second-order valence-electron chi connectivity index (χ2n) is 7.32. The molecule has 0 aliphatic rings. The Morgan fingerprint density at radius 3 is 2.45 bits per heavy atom. The van der Waals surface area contributed by atoms with Crippen molar-refractivity contribution in [1.82, 2.24) is 19.7 Å². The molecule has 0 spiro atoms. The van der Waals surface area contributed by atoms with E-state index in [1.165, 1.54) is 0 Å². The van der Waals surface area contributed by atoms with Crippen molar-refractivity contribution in [3.05, 3.63) is 82.0 Å². The van der Waals surface area contributed by atoms with Gasteiger partial charge in [-0.1, -0.05) is 43.7 Å². The number of nitrogens with one attached hydrogen (secondary N) is 2. The number of fused-ring (bicyclic) bond motifs is 1. The molecule has 0 amide bonds. The molecule has 0 saturated heterocycles. The maximum Gasteiger partial charge on any atom is 0.277 e. The molecule has 2 heterocycles. The first-order valence-corrected chi connectivity index (χ1v) is 11.5. The molecule has 0 radical (unpaired) electrons. The van der Waals surface area contributed by atoms with Crippen LogP contribution >= 0.6 is 0 Å². The Kier molecular flexibility index (Phi) is 5.60. The van der Waals surface area contributed by atoms with Gasteiger partial charge in [0.05, 0.1) is 10.6 Å². The molecule has 0 fully saturated rings. The van der Waals surface area contributed by atoms with Crippen molar-refractivity contribution in [2.45, 2.75) is 31.1 Å². The van der Waals surface area contributed by atoms with Gasteiger partial charge in [-0.15, -0.1) is 0 Å². The summed E-state index contributed by atoms with van der Waals surface area (Å²) in [5.41, 5.74) is 3.06. The Morgan fingerprint density at radius 1 is 1.06 bits per heavy atom. The van der Waals surface area contributed by atoms with Crippen LogP contribution in [0.2, 0.25) is 0 Å². The molecule has 2 aromatic heterocycles. The van der Waals surface area contributed by atoms with Gasteiger partial charge in [0, 0.05) is 19.2 Å². The normalized spacial score (nSPS) is 11.7. The van der Waals surface area contributed by atoms with E-state index in [-0.39, 0.29) is 10.5 Å². The predicted octanol–water partition coefficient (Wildman–Crippen LogP) is 3.00. The van der Waals surface area contributed by atoms with E-state index in [9.17, 15) is 13.2 Å². The summed E-state index contributed by atoms with van der Waals surface area (Å²) in [6, 6.07) is 15.2. The number of H-pyrrole nitrogens is 1. The molecule has 160 valence electrons. The Labute approximate surface area is 180 Å². The van der Waals surface area contributed by atoms with E-state index >= 15 is 0 Å². The molecular formula is C22H23N5O3S. The van der Waals surface area contributed by atoms with Crippen LogP contribution in [0.4, 0.5) is 5.69 Å². The molecule has 2 aromatic carbocycles. The number of aryl methyl sites for hydroxylation is 2. The summed E-state index contributed by atoms with van der Waals surface area (Å²) in [4.78, 5) is 20.2. The number of aromatic amines is 1. The zero-order valence-electron chi connectivity index (χ0n) is 17.3. The molecule has 0 saturated carbocycles. The molecule has 4 rings (SSSR count). The largest absolute Gasteiger partial charge is 0.308 e. The summed E-state index contributed by atoms with van der Waals surface area (Å²) >= 11 is 0. The minimum atomic E-state index is -3.64. The van der Waals surface area contributed by atoms with Crippen molar-refractivity contribution < 1.29 is 8.42 Å². The number of nitrogens with zero attached hydrogens (tertiary/aromatic N) is 3. The lowest BCUT2D eigenvalue weighted by molar-refractivity contribution is 0.601. The van der Waals surface area contributed by atoms with Gasteiger partial charge in [-0.2, -0.15) is 5.10 Å². The van der Waals surface area contributed by atoms with E-state index in [0.717, 1.165) is 24.1 Å². The van der Waals surface area contributed by atoms with Crippen LogP contribution in [0.1, 0.15) is 30.4 Å². The second-order valence-corrected chi connectivity index (χ2v) is 9.00. The predicted molar refractivity (Wildman–Crippen MR) is 120 cm³/mol. The van der Waals surface area contributed by atoms with Gasteiger partial charge in [0.2, 0.25) is 0 Å². The molecule has 8 nitrogen and oxygen atoms in total. The highest BCUT2D eigenvalue weighted by Crippen LogP contribution is 2.18. The summed E-state index contributed by atoms with van der Waals surface area (Å²) in [6.07, 6.45) is 2.08. The van der Waals surface area contributed by atoms with Crippen molar-refractivity contribution >= 4 is 26.7 Å². The molecular weight excluding hydrogens is 414 g/mol. The second kappa shape index (κ2) is 8.35. The van der Waals surface area contributed by atoms with Crippen LogP contribution in [-0.4, -0.2) is 28.2 Å². The van der Waals surface area contributed by atoms with Crippen LogP contribution < -0.4 is 10.3 Å². The molecule has 0 unspecified atom stereocenters. The van der Waals surface area contributed by atoms with E-state index in [1.807, 2.05) is 12.1 Å². The van der Waals surface area contributed by atoms with E-state index < -0.39 is 10.0 Å². The van der Waals surface area contributed by atoms with Gasteiger partial charge in [0.1, 0.15) is 11.3 Å². The third kappa shape index (κ3) is 4.36. The standard InChI is InChI=1S/C22H23N5O3S/c1-3-7-18-20-21(27(2)25-18)22(28)24-19(23-20)14-15-10-12-16(13-11-15)26-31(29,30)17-8-5-4-6-9-17/h4-6,8-13,26H,3,7,14H2,1-2H3,(H,23,24,28). The van der Waals surface area contributed by atoms with Crippen LogP contribution in [0, 0.1) is 0 Å². The average Bonchev–Trinajstić information content (AvgIpc) is 3.06. The zero-order chi connectivity index (χ0) is 22.0. The highest BCUT2D eigenvalue weighted by atomic mass is 32.2. The van der Waals surface area contributed by atoms with Gasteiger partial charge >= 0.3 is 0 Å². The number of rotatable bonds is 7. The van der Waals surface area contributed by atoms with E-state index in [4.69, 9.17) is 0 Å². The fourth-order valence-electron chi connectivity index (χ4n) is 3.48. The fraction of sp³-hybridized carbons (Fsp3) is 0.227. The van der Waals surface area contributed by atoms with Gasteiger partial charge in [-0.3, -0.25) is 14.2 Å². The molecule has 9 heteroatoms. The third-order valence-electron chi connectivity index (χ3n) is 4.93. The molecule has 31 heavy (non-hydrogen) atoms. The van der Waals surface area contributed by atoms with Crippen molar-refractivity contribution in [2.24, 2.45) is 7.05 Å². The number of hydrogen-bond acceptors (Lipinski definition) is 5. The Bertz CT molecular complexity index is 1370. The minimum absolute atomic E-state index is 0.202. The Morgan fingerprint density at radius 2 is 1.77 bits per heavy atom. The number of sulfonamides is 1. The van der Waals surface area contributed by atoms with Gasteiger partial charge in [-0.25, -0.2) is 13.4 Å². The molecule has 0 bridgehead atoms. The van der Waals surface area contributed by atoms with Crippen LogP contribution in [0.15, 0.2) is 64.3 Å². The van der Waals surface area contributed by atoms with E-state index in [0.29, 0.717) is 29.0 Å². The lowest BCUT2D eigenvalue weighted by Crippen LogP contribution is -2.14. The van der Waals surface area contributed by atoms with Gasteiger partial charge < -0.3 is 4.98 Å². The summed E-state index contributed by atoms with van der Waals surface area (Å²) in [5, 5.41) is 4.43. The highest BCUT2D eigenvalue weighted by molar-refractivity contribution is 7.92.